The number of benzene rings is 2. The van der Waals surface area contributed by atoms with E-state index in [1.54, 1.807) is 14.2 Å². The van der Waals surface area contributed by atoms with Crippen molar-refractivity contribution in [3.63, 3.8) is 0 Å². The maximum Gasteiger partial charge on any atom is 0.231 e. The van der Waals surface area contributed by atoms with Gasteiger partial charge in [-0.15, -0.1) is 0 Å². The van der Waals surface area contributed by atoms with Crippen molar-refractivity contribution in [1.82, 2.24) is 10.9 Å². The molecule has 1 fully saturated rings. The van der Waals surface area contributed by atoms with Gasteiger partial charge in [0.1, 0.15) is 5.75 Å². The third-order valence-corrected chi connectivity index (χ3v) is 4.57. The van der Waals surface area contributed by atoms with E-state index >= 15 is 0 Å². The summed E-state index contributed by atoms with van der Waals surface area (Å²) in [5.41, 5.74) is 8.96. The minimum atomic E-state index is 0.113. The molecule has 2 heterocycles. The Kier molecular flexibility index (Phi) is 3.92. The van der Waals surface area contributed by atoms with Crippen molar-refractivity contribution in [2.24, 2.45) is 0 Å². The molecule has 0 saturated carbocycles. The molecule has 1 saturated heterocycles. The lowest BCUT2D eigenvalue weighted by Crippen LogP contribution is -2.24. The van der Waals surface area contributed by atoms with Crippen LogP contribution < -0.4 is 29.8 Å². The van der Waals surface area contributed by atoms with Gasteiger partial charge in [-0.3, -0.25) is 5.43 Å². The zero-order chi connectivity index (χ0) is 16.5. The fourth-order valence-corrected chi connectivity index (χ4v) is 3.30. The summed E-state index contributed by atoms with van der Waals surface area (Å²) in [6, 6.07) is 12.3. The van der Waals surface area contributed by atoms with Crippen molar-refractivity contribution in [1.29, 1.82) is 0 Å². The van der Waals surface area contributed by atoms with Crippen LogP contribution in [0.4, 0.5) is 0 Å². The second kappa shape index (κ2) is 6.22. The first kappa shape index (κ1) is 15.1. The van der Waals surface area contributed by atoms with E-state index in [4.69, 9.17) is 18.9 Å². The molecule has 2 atom stereocenters. The van der Waals surface area contributed by atoms with Crippen LogP contribution in [0.5, 0.6) is 23.0 Å². The van der Waals surface area contributed by atoms with Gasteiger partial charge in [-0.05, 0) is 35.4 Å². The van der Waals surface area contributed by atoms with Crippen LogP contribution in [-0.4, -0.2) is 27.6 Å². The first-order valence-corrected chi connectivity index (χ1v) is 7.90. The lowest BCUT2D eigenvalue weighted by molar-refractivity contribution is 0.171. The molecule has 2 aliphatic heterocycles. The number of ether oxygens (including phenoxy) is 4. The molecule has 2 aromatic rings. The van der Waals surface area contributed by atoms with E-state index in [1.165, 1.54) is 5.56 Å². The molecule has 2 aromatic carbocycles. The minimum Gasteiger partial charge on any atom is -0.497 e. The summed E-state index contributed by atoms with van der Waals surface area (Å²) in [6.45, 7) is 1.07. The van der Waals surface area contributed by atoms with E-state index in [0.717, 1.165) is 23.6 Å². The van der Waals surface area contributed by atoms with E-state index in [2.05, 4.69) is 23.0 Å². The first-order chi connectivity index (χ1) is 11.8. The number of rotatable bonds is 4. The van der Waals surface area contributed by atoms with E-state index in [-0.39, 0.29) is 12.8 Å². The molecule has 0 aromatic heterocycles. The number of hydrogen-bond acceptors (Lipinski definition) is 6. The Hall–Kier alpha value is -2.44. The SMILES string of the molecule is COc1ccc(C2CNNC2c2cc(OC)c3c(c2)OCO3)cc1. The summed E-state index contributed by atoms with van der Waals surface area (Å²) >= 11 is 0. The minimum absolute atomic E-state index is 0.113. The molecule has 0 amide bonds. The normalized spacial score (nSPS) is 21.8. The average molecular weight is 328 g/mol. The van der Waals surface area contributed by atoms with Gasteiger partial charge >= 0.3 is 0 Å². The van der Waals surface area contributed by atoms with Crippen LogP contribution in [0, 0.1) is 0 Å². The smallest absolute Gasteiger partial charge is 0.231 e. The van der Waals surface area contributed by atoms with Gasteiger partial charge in [-0.1, -0.05) is 12.1 Å². The molecule has 2 unspecified atom stereocenters. The standard InChI is InChI=1S/C18H20N2O4/c1-21-13-5-3-11(4-6-13)14-9-19-20-17(14)12-7-15(22-2)18-16(8-12)23-10-24-18/h3-8,14,17,19-20H,9-10H2,1-2H3. The number of fused-ring (bicyclic) bond motifs is 1. The van der Waals surface area contributed by atoms with Gasteiger partial charge in [0, 0.05) is 12.5 Å². The summed E-state index contributed by atoms with van der Waals surface area (Å²) in [5, 5.41) is 0. The molecule has 0 radical (unpaired) electrons. The zero-order valence-corrected chi connectivity index (χ0v) is 13.7. The molecule has 2 aliphatic rings. The third kappa shape index (κ3) is 2.53. The predicted octanol–water partition coefficient (Wildman–Crippen LogP) is 2.37. The Morgan fingerprint density at radius 3 is 2.58 bits per heavy atom. The Balaban J connectivity index is 1.67. The van der Waals surface area contributed by atoms with Gasteiger partial charge in [0.05, 0.1) is 20.3 Å². The molecule has 6 nitrogen and oxygen atoms in total. The number of methoxy groups -OCH3 is 2. The lowest BCUT2D eigenvalue weighted by atomic mass is 9.88. The van der Waals surface area contributed by atoms with Crippen LogP contribution in [0.3, 0.4) is 0 Å². The van der Waals surface area contributed by atoms with Crippen molar-refractivity contribution < 1.29 is 18.9 Å². The molecule has 24 heavy (non-hydrogen) atoms. The number of hydrazine groups is 1. The fraction of sp³-hybridized carbons (Fsp3) is 0.333. The second-order valence-corrected chi connectivity index (χ2v) is 5.84. The van der Waals surface area contributed by atoms with Crippen molar-refractivity contribution in [2.75, 3.05) is 27.6 Å². The maximum atomic E-state index is 5.55. The van der Waals surface area contributed by atoms with E-state index in [0.29, 0.717) is 17.4 Å². The highest BCUT2D eigenvalue weighted by Gasteiger charge is 2.32. The quantitative estimate of drug-likeness (QED) is 0.898. The maximum absolute atomic E-state index is 5.55. The Morgan fingerprint density at radius 1 is 1.00 bits per heavy atom. The molecular formula is C18H20N2O4. The van der Waals surface area contributed by atoms with Crippen LogP contribution in [-0.2, 0) is 0 Å². The van der Waals surface area contributed by atoms with Crippen molar-refractivity contribution in [3.8, 4) is 23.0 Å². The Bertz CT molecular complexity index is 733. The highest BCUT2D eigenvalue weighted by atomic mass is 16.7. The van der Waals surface area contributed by atoms with Gasteiger partial charge in [0.25, 0.3) is 0 Å². The highest BCUT2D eigenvalue weighted by molar-refractivity contribution is 5.56. The van der Waals surface area contributed by atoms with E-state index < -0.39 is 0 Å². The summed E-state index contributed by atoms with van der Waals surface area (Å²) < 4.78 is 21.7. The lowest BCUT2D eigenvalue weighted by Gasteiger charge is -2.20. The number of hydrogen-bond donors (Lipinski definition) is 2. The number of nitrogens with one attached hydrogen (secondary N) is 2. The zero-order valence-electron chi connectivity index (χ0n) is 13.7. The van der Waals surface area contributed by atoms with Crippen molar-refractivity contribution in [3.05, 3.63) is 47.5 Å². The van der Waals surface area contributed by atoms with Gasteiger partial charge < -0.3 is 18.9 Å². The van der Waals surface area contributed by atoms with Crippen LogP contribution in [0.15, 0.2) is 36.4 Å². The predicted molar refractivity (Wildman–Crippen MR) is 88.7 cm³/mol. The van der Waals surface area contributed by atoms with Crippen molar-refractivity contribution >= 4 is 0 Å². The van der Waals surface area contributed by atoms with Gasteiger partial charge in [-0.25, -0.2) is 5.43 Å². The molecule has 126 valence electrons. The van der Waals surface area contributed by atoms with Gasteiger partial charge in [0.2, 0.25) is 12.5 Å². The summed E-state index contributed by atoms with van der Waals surface area (Å²) in [5.74, 6) is 3.25. The van der Waals surface area contributed by atoms with E-state index in [9.17, 15) is 0 Å². The third-order valence-electron chi connectivity index (χ3n) is 4.57. The van der Waals surface area contributed by atoms with Crippen LogP contribution in [0.2, 0.25) is 0 Å². The topological polar surface area (TPSA) is 61.0 Å². The molecular weight excluding hydrogens is 308 g/mol. The highest BCUT2D eigenvalue weighted by Crippen LogP contribution is 2.45. The Labute approximate surface area is 140 Å². The molecule has 0 spiro atoms. The molecule has 0 bridgehead atoms. The fourth-order valence-electron chi connectivity index (χ4n) is 3.30. The van der Waals surface area contributed by atoms with Crippen molar-refractivity contribution in [2.45, 2.75) is 12.0 Å². The van der Waals surface area contributed by atoms with Gasteiger partial charge in [0.15, 0.2) is 11.5 Å². The average Bonchev–Trinajstić information content (AvgIpc) is 3.29. The molecule has 0 aliphatic carbocycles. The monoisotopic (exact) mass is 328 g/mol. The summed E-state index contributed by atoms with van der Waals surface area (Å²) in [7, 11) is 3.32. The van der Waals surface area contributed by atoms with Gasteiger partial charge in [-0.2, -0.15) is 0 Å². The molecule has 6 heteroatoms. The van der Waals surface area contributed by atoms with Crippen LogP contribution >= 0.6 is 0 Å². The molecule has 4 rings (SSSR count). The second-order valence-electron chi connectivity index (χ2n) is 5.84. The van der Waals surface area contributed by atoms with Crippen LogP contribution in [0.25, 0.3) is 0 Å². The summed E-state index contributed by atoms with van der Waals surface area (Å²) in [6.07, 6.45) is 0. The molecule has 2 N–H and O–H groups in total. The largest absolute Gasteiger partial charge is 0.497 e. The first-order valence-electron chi connectivity index (χ1n) is 7.90. The Morgan fingerprint density at radius 2 is 1.83 bits per heavy atom. The summed E-state index contributed by atoms with van der Waals surface area (Å²) in [4.78, 5) is 0. The van der Waals surface area contributed by atoms with E-state index in [1.807, 2.05) is 24.3 Å². The van der Waals surface area contributed by atoms with Crippen LogP contribution in [0.1, 0.15) is 23.1 Å².